The molecular formula is C9H18O6. The smallest absolute Gasteiger partial charge is 0.189 e. The van der Waals surface area contributed by atoms with Crippen LogP contribution in [-0.2, 0) is 9.53 Å². The SMILES string of the molecule is CCCOCC(=O)[C@H](O)[C@@H](O)[C@H](O)CO. The van der Waals surface area contributed by atoms with Crippen LogP contribution in [0.3, 0.4) is 0 Å². The molecule has 0 aromatic heterocycles. The minimum absolute atomic E-state index is 0.315. The zero-order valence-electron chi connectivity index (χ0n) is 8.67. The molecule has 15 heavy (non-hydrogen) atoms. The Hall–Kier alpha value is -0.530. The summed E-state index contributed by atoms with van der Waals surface area (Å²) < 4.78 is 4.86. The molecule has 0 rings (SSSR count). The summed E-state index contributed by atoms with van der Waals surface area (Å²) >= 11 is 0. The summed E-state index contributed by atoms with van der Waals surface area (Å²) in [6, 6.07) is 0. The van der Waals surface area contributed by atoms with E-state index in [0.717, 1.165) is 6.42 Å². The van der Waals surface area contributed by atoms with Crippen molar-refractivity contribution in [1.29, 1.82) is 0 Å². The maximum absolute atomic E-state index is 11.2. The second-order valence-corrected chi connectivity index (χ2v) is 3.20. The van der Waals surface area contributed by atoms with Crippen LogP contribution in [0.2, 0.25) is 0 Å². The van der Waals surface area contributed by atoms with E-state index < -0.39 is 30.7 Å². The molecule has 0 aromatic carbocycles. The predicted octanol–water partition coefficient (Wildman–Crippen LogP) is -1.94. The fraction of sp³-hybridized carbons (Fsp3) is 0.889. The molecule has 0 unspecified atom stereocenters. The van der Waals surface area contributed by atoms with Crippen molar-refractivity contribution in [2.75, 3.05) is 19.8 Å². The molecular weight excluding hydrogens is 204 g/mol. The molecule has 0 aliphatic carbocycles. The van der Waals surface area contributed by atoms with E-state index in [0.29, 0.717) is 6.61 Å². The number of aliphatic hydroxyl groups excluding tert-OH is 4. The third-order valence-electron chi connectivity index (χ3n) is 1.83. The van der Waals surface area contributed by atoms with Gasteiger partial charge in [-0.1, -0.05) is 6.92 Å². The van der Waals surface area contributed by atoms with Gasteiger partial charge in [0.25, 0.3) is 0 Å². The Labute approximate surface area is 88.1 Å². The normalized spacial score (nSPS) is 17.1. The lowest BCUT2D eigenvalue weighted by atomic mass is 10.1. The Morgan fingerprint density at radius 3 is 2.40 bits per heavy atom. The van der Waals surface area contributed by atoms with Crippen LogP contribution in [0.4, 0.5) is 0 Å². The molecule has 0 spiro atoms. The number of carbonyl (C=O) groups excluding carboxylic acids is 1. The van der Waals surface area contributed by atoms with Crippen molar-refractivity contribution in [1.82, 2.24) is 0 Å². The van der Waals surface area contributed by atoms with Crippen LogP contribution in [0.1, 0.15) is 13.3 Å². The van der Waals surface area contributed by atoms with Crippen LogP contribution in [-0.4, -0.2) is 64.3 Å². The molecule has 6 heteroatoms. The second kappa shape index (κ2) is 7.72. The van der Waals surface area contributed by atoms with Gasteiger partial charge in [0, 0.05) is 6.61 Å². The summed E-state index contributed by atoms with van der Waals surface area (Å²) in [5.41, 5.74) is 0. The van der Waals surface area contributed by atoms with Gasteiger partial charge in [0.05, 0.1) is 6.61 Å². The monoisotopic (exact) mass is 222 g/mol. The highest BCUT2D eigenvalue weighted by Gasteiger charge is 2.29. The first-order valence-electron chi connectivity index (χ1n) is 4.80. The number of Topliss-reactive ketones (excluding diaryl/α,β-unsaturated/α-hetero) is 1. The molecule has 0 amide bonds. The molecule has 4 N–H and O–H groups in total. The van der Waals surface area contributed by atoms with Crippen LogP contribution < -0.4 is 0 Å². The average molecular weight is 222 g/mol. The lowest BCUT2D eigenvalue weighted by Gasteiger charge is -2.20. The Kier molecular flexibility index (Phi) is 7.45. The van der Waals surface area contributed by atoms with Crippen molar-refractivity contribution in [3.8, 4) is 0 Å². The molecule has 6 nitrogen and oxygen atoms in total. The zero-order chi connectivity index (χ0) is 11.8. The molecule has 0 fully saturated rings. The van der Waals surface area contributed by atoms with E-state index in [9.17, 15) is 15.0 Å². The van der Waals surface area contributed by atoms with Crippen LogP contribution in [0, 0.1) is 0 Å². The zero-order valence-corrected chi connectivity index (χ0v) is 8.67. The standard InChI is InChI=1S/C9H18O6/c1-2-3-15-5-7(12)9(14)8(13)6(11)4-10/h6,8-11,13-14H,2-5H2,1H3/t6-,8+,9+/m1/s1. The van der Waals surface area contributed by atoms with Gasteiger partial charge in [-0.3, -0.25) is 4.79 Å². The number of hydrogen-bond acceptors (Lipinski definition) is 6. The lowest BCUT2D eigenvalue weighted by molar-refractivity contribution is -0.144. The summed E-state index contributed by atoms with van der Waals surface area (Å²) in [6.45, 7) is 1.22. The third-order valence-corrected chi connectivity index (χ3v) is 1.83. The first kappa shape index (κ1) is 14.5. The average Bonchev–Trinajstić information content (AvgIpc) is 2.26. The van der Waals surface area contributed by atoms with Crippen LogP contribution in [0.25, 0.3) is 0 Å². The Morgan fingerprint density at radius 2 is 1.93 bits per heavy atom. The molecule has 0 bridgehead atoms. The number of carbonyl (C=O) groups is 1. The largest absolute Gasteiger partial charge is 0.394 e. The van der Waals surface area contributed by atoms with Crippen molar-refractivity contribution in [3.05, 3.63) is 0 Å². The van der Waals surface area contributed by atoms with Gasteiger partial charge in [0.2, 0.25) is 0 Å². The minimum Gasteiger partial charge on any atom is -0.394 e. The van der Waals surface area contributed by atoms with Crippen molar-refractivity contribution >= 4 is 5.78 Å². The van der Waals surface area contributed by atoms with E-state index in [1.165, 1.54) is 0 Å². The fourth-order valence-corrected chi connectivity index (χ4v) is 0.911. The van der Waals surface area contributed by atoms with Gasteiger partial charge in [-0.05, 0) is 6.42 Å². The molecule has 0 aliphatic rings. The molecule has 90 valence electrons. The van der Waals surface area contributed by atoms with E-state index >= 15 is 0 Å². The first-order valence-corrected chi connectivity index (χ1v) is 4.80. The van der Waals surface area contributed by atoms with Crippen LogP contribution in [0.15, 0.2) is 0 Å². The van der Waals surface area contributed by atoms with Crippen molar-refractivity contribution in [2.24, 2.45) is 0 Å². The van der Waals surface area contributed by atoms with E-state index in [1.807, 2.05) is 6.92 Å². The molecule has 0 heterocycles. The summed E-state index contributed by atoms with van der Waals surface area (Å²) in [4.78, 5) is 11.2. The number of hydrogen-bond donors (Lipinski definition) is 4. The van der Waals surface area contributed by atoms with Crippen LogP contribution >= 0.6 is 0 Å². The predicted molar refractivity (Wildman–Crippen MR) is 51.2 cm³/mol. The third kappa shape index (κ3) is 5.19. The Balaban J connectivity index is 3.96. The van der Waals surface area contributed by atoms with Crippen molar-refractivity contribution in [3.63, 3.8) is 0 Å². The van der Waals surface area contributed by atoms with E-state index in [1.54, 1.807) is 0 Å². The highest BCUT2D eigenvalue weighted by Crippen LogP contribution is 2.01. The Bertz CT molecular complexity index is 183. The summed E-state index contributed by atoms with van der Waals surface area (Å²) in [5, 5.41) is 35.9. The maximum Gasteiger partial charge on any atom is 0.189 e. The number of ketones is 1. The van der Waals surface area contributed by atoms with Gasteiger partial charge in [-0.25, -0.2) is 0 Å². The van der Waals surface area contributed by atoms with Crippen LogP contribution in [0.5, 0.6) is 0 Å². The first-order chi connectivity index (χ1) is 7.04. The number of rotatable bonds is 8. The van der Waals surface area contributed by atoms with E-state index in [2.05, 4.69) is 0 Å². The van der Waals surface area contributed by atoms with Gasteiger partial charge >= 0.3 is 0 Å². The molecule has 0 aliphatic heterocycles. The van der Waals surface area contributed by atoms with Gasteiger partial charge in [0.15, 0.2) is 5.78 Å². The maximum atomic E-state index is 11.2. The summed E-state index contributed by atoms with van der Waals surface area (Å²) in [5.74, 6) is -0.719. The molecule has 3 atom stereocenters. The van der Waals surface area contributed by atoms with Crippen molar-refractivity contribution < 1.29 is 30.0 Å². The number of aliphatic hydroxyl groups is 4. The molecule has 0 radical (unpaired) electrons. The molecule has 0 saturated heterocycles. The highest BCUT2D eigenvalue weighted by atomic mass is 16.5. The van der Waals surface area contributed by atoms with E-state index in [4.69, 9.17) is 14.9 Å². The summed E-state index contributed by atoms with van der Waals surface area (Å²) in [7, 11) is 0. The lowest BCUT2D eigenvalue weighted by Crippen LogP contribution is -2.45. The number of ether oxygens (including phenoxy) is 1. The minimum atomic E-state index is -1.73. The van der Waals surface area contributed by atoms with Gasteiger partial charge < -0.3 is 25.2 Å². The van der Waals surface area contributed by atoms with Crippen molar-refractivity contribution in [2.45, 2.75) is 31.7 Å². The molecule has 0 saturated carbocycles. The van der Waals surface area contributed by atoms with Gasteiger partial charge in [-0.15, -0.1) is 0 Å². The molecule has 0 aromatic rings. The summed E-state index contributed by atoms with van der Waals surface area (Å²) in [6.07, 6.45) is -4.21. The quantitative estimate of drug-likeness (QED) is 0.356. The van der Waals surface area contributed by atoms with Gasteiger partial charge in [0.1, 0.15) is 24.9 Å². The van der Waals surface area contributed by atoms with Gasteiger partial charge in [-0.2, -0.15) is 0 Å². The Morgan fingerprint density at radius 1 is 1.33 bits per heavy atom. The topological polar surface area (TPSA) is 107 Å². The second-order valence-electron chi connectivity index (χ2n) is 3.20. The highest BCUT2D eigenvalue weighted by molar-refractivity contribution is 5.84. The fourth-order valence-electron chi connectivity index (χ4n) is 0.911. The van der Waals surface area contributed by atoms with E-state index in [-0.39, 0.29) is 6.61 Å².